The van der Waals surface area contributed by atoms with Gasteiger partial charge in [-0.1, -0.05) is 23.7 Å². The van der Waals surface area contributed by atoms with Crippen molar-refractivity contribution >= 4 is 46.4 Å². The number of ether oxygens (including phenoxy) is 1. The fourth-order valence-corrected chi connectivity index (χ4v) is 6.81. The molecule has 1 saturated carbocycles. The molecule has 6 rings (SSSR count). The van der Waals surface area contributed by atoms with E-state index in [1.54, 1.807) is 53.7 Å². The van der Waals surface area contributed by atoms with Crippen molar-refractivity contribution in [2.75, 3.05) is 25.5 Å². The van der Waals surface area contributed by atoms with Gasteiger partial charge in [-0.05, 0) is 97.3 Å². The predicted molar refractivity (Wildman–Crippen MR) is 167 cm³/mol. The second kappa shape index (κ2) is 12.2. The number of thiazole rings is 1. The lowest BCUT2D eigenvalue weighted by Gasteiger charge is -2.32. The number of benzene rings is 3. The number of piperidine rings is 1. The summed E-state index contributed by atoms with van der Waals surface area (Å²) in [5.41, 5.74) is 3.37. The second-order valence-electron chi connectivity index (χ2n) is 10.9. The Morgan fingerprint density at radius 3 is 2.28 bits per heavy atom. The molecule has 0 atom stereocenters. The summed E-state index contributed by atoms with van der Waals surface area (Å²) in [6.45, 7) is 1.09. The second-order valence-corrected chi connectivity index (χ2v) is 12.3. The molecule has 1 aliphatic carbocycles. The number of aromatic carboxylic acids is 1. The SMILES string of the molecule is COc1ccc(-c2sc(C3CC3)nc2C(=O)Nc2ccc(Cl)c(C(=O)N3CCC(c4ccc(C(=O)O)cc4)CC3)c2)cc1. The third kappa shape index (κ3) is 6.28. The van der Waals surface area contributed by atoms with E-state index in [2.05, 4.69) is 5.32 Å². The molecule has 1 saturated heterocycles. The van der Waals surface area contributed by atoms with Gasteiger partial charge in [0.15, 0.2) is 0 Å². The summed E-state index contributed by atoms with van der Waals surface area (Å²) >= 11 is 8.02. The molecule has 0 radical (unpaired) electrons. The molecule has 4 aromatic rings. The van der Waals surface area contributed by atoms with Crippen molar-refractivity contribution in [3.63, 3.8) is 0 Å². The van der Waals surface area contributed by atoms with Crippen LogP contribution in [0.15, 0.2) is 66.7 Å². The van der Waals surface area contributed by atoms with Gasteiger partial charge >= 0.3 is 5.97 Å². The van der Waals surface area contributed by atoms with Gasteiger partial charge in [-0.25, -0.2) is 9.78 Å². The minimum absolute atomic E-state index is 0.190. The lowest BCUT2D eigenvalue weighted by atomic mass is 9.89. The highest BCUT2D eigenvalue weighted by atomic mass is 35.5. The lowest BCUT2D eigenvalue weighted by molar-refractivity contribution is 0.0691. The van der Waals surface area contributed by atoms with Gasteiger partial charge in [-0.15, -0.1) is 11.3 Å². The van der Waals surface area contributed by atoms with Crippen molar-refractivity contribution in [1.82, 2.24) is 9.88 Å². The van der Waals surface area contributed by atoms with Crippen LogP contribution in [-0.2, 0) is 0 Å². The van der Waals surface area contributed by atoms with Gasteiger partial charge < -0.3 is 20.1 Å². The van der Waals surface area contributed by atoms with E-state index in [4.69, 9.17) is 26.4 Å². The number of anilines is 1. The average molecular weight is 616 g/mol. The molecule has 10 heteroatoms. The molecule has 8 nitrogen and oxygen atoms in total. The average Bonchev–Trinajstić information content (AvgIpc) is 3.79. The maximum Gasteiger partial charge on any atom is 0.335 e. The fourth-order valence-electron chi connectivity index (χ4n) is 5.37. The van der Waals surface area contributed by atoms with Crippen molar-refractivity contribution in [3.05, 3.63) is 99.1 Å². The first-order valence-electron chi connectivity index (χ1n) is 14.2. The number of nitrogens with one attached hydrogen (secondary N) is 1. The monoisotopic (exact) mass is 615 g/mol. The molecule has 1 aromatic heterocycles. The summed E-state index contributed by atoms with van der Waals surface area (Å²) in [7, 11) is 1.61. The van der Waals surface area contributed by atoms with Gasteiger partial charge in [0.25, 0.3) is 11.8 Å². The highest BCUT2D eigenvalue weighted by molar-refractivity contribution is 7.15. The van der Waals surface area contributed by atoms with Crippen LogP contribution >= 0.6 is 22.9 Å². The first kappa shape index (κ1) is 28.9. The summed E-state index contributed by atoms with van der Waals surface area (Å²) in [6.07, 6.45) is 3.67. The van der Waals surface area contributed by atoms with E-state index < -0.39 is 5.97 Å². The number of halogens is 1. The Balaban J connectivity index is 1.16. The zero-order chi connectivity index (χ0) is 30.1. The summed E-state index contributed by atoms with van der Waals surface area (Å²) in [6, 6.07) is 19.5. The van der Waals surface area contributed by atoms with E-state index in [0.29, 0.717) is 41.0 Å². The van der Waals surface area contributed by atoms with Crippen LogP contribution < -0.4 is 10.1 Å². The van der Waals surface area contributed by atoms with Crippen molar-refractivity contribution in [3.8, 4) is 16.2 Å². The lowest BCUT2D eigenvalue weighted by Crippen LogP contribution is -2.38. The van der Waals surface area contributed by atoms with Crippen molar-refractivity contribution in [2.24, 2.45) is 0 Å². The number of methoxy groups -OCH3 is 1. The quantitative estimate of drug-likeness (QED) is 0.215. The van der Waals surface area contributed by atoms with Crippen LogP contribution in [0.3, 0.4) is 0 Å². The van der Waals surface area contributed by atoms with Crippen molar-refractivity contribution < 1.29 is 24.2 Å². The summed E-state index contributed by atoms with van der Waals surface area (Å²) < 4.78 is 5.28. The first-order chi connectivity index (χ1) is 20.8. The fraction of sp³-hybridized carbons (Fsp3) is 0.273. The van der Waals surface area contributed by atoms with Gasteiger partial charge in [0, 0.05) is 24.7 Å². The topological polar surface area (TPSA) is 109 Å². The smallest absolute Gasteiger partial charge is 0.335 e. The first-order valence-corrected chi connectivity index (χ1v) is 15.4. The third-order valence-electron chi connectivity index (χ3n) is 8.00. The van der Waals surface area contributed by atoms with Crippen LogP contribution in [-0.4, -0.2) is 53.0 Å². The largest absolute Gasteiger partial charge is 0.497 e. The predicted octanol–water partition coefficient (Wildman–Crippen LogP) is 7.32. The zero-order valence-electron chi connectivity index (χ0n) is 23.5. The van der Waals surface area contributed by atoms with E-state index in [1.165, 1.54) is 0 Å². The highest BCUT2D eigenvalue weighted by Crippen LogP contribution is 2.45. The normalized spacial score (nSPS) is 15.3. The number of likely N-dealkylation sites (tertiary alicyclic amines) is 1. The van der Waals surface area contributed by atoms with Gasteiger partial charge in [0.1, 0.15) is 11.4 Å². The number of hydrogen-bond acceptors (Lipinski definition) is 6. The van der Waals surface area contributed by atoms with E-state index in [9.17, 15) is 14.4 Å². The standard InChI is InChI=1S/C33H30ClN3O5S/c1-42-25-11-8-21(9-12-25)29-28(36-31(43-29)22-4-5-22)30(38)35-24-10-13-27(34)26(18-24)32(39)37-16-14-20(15-17-37)19-2-6-23(7-3-19)33(40)41/h2-3,6-13,18,20,22H,4-5,14-17H2,1H3,(H,35,38)(H,40,41). The number of rotatable bonds is 8. The number of nitrogens with zero attached hydrogens (tertiary/aromatic N) is 2. The van der Waals surface area contributed by atoms with Gasteiger partial charge in [-0.3, -0.25) is 9.59 Å². The van der Waals surface area contributed by atoms with E-state index in [-0.39, 0.29) is 23.3 Å². The van der Waals surface area contributed by atoms with E-state index >= 15 is 0 Å². The van der Waals surface area contributed by atoms with E-state index in [1.807, 2.05) is 36.4 Å². The number of carboxylic acid groups (broad SMARTS) is 1. The maximum absolute atomic E-state index is 13.5. The van der Waals surface area contributed by atoms with Crippen LogP contribution in [0.2, 0.25) is 5.02 Å². The molecule has 2 N–H and O–H groups in total. The molecule has 3 aromatic carbocycles. The van der Waals surface area contributed by atoms with Crippen LogP contribution in [0.5, 0.6) is 5.75 Å². The molecule has 0 spiro atoms. The Morgan fingerprint density at radius 2 is 1.65 bits per heavy atom. The minimum atomic E-state index is -0.950. The Bertz CT molecular complexity index is 1670. The van der Waals surface area contributed by atoms with Crippen molar-refractivity contribution in [1.29, 1.82) is 0 Å². The van der Waals surface area contributed by atoms with Gasteiger partial charge in [0.2, 0.25) is 0 Å². The maximum atomic E-state index is 13.5. The number of hydrogen-bond donors (Lipinski definition) is 2. The Labute approximate surface area is 258 Å². The molecule has 2 heterocycles. The molecule has 2 amide bonds. The Kier molecular flexibility index (Phi) is 8.19. The molecule has 2 aliphatic rings. The molecular formula is C33H30ClN3O5S. The van der Waals surface area contributed by atoms with Crippen LogP contribution in [0, 0.1) is 0 Å². The van der Waals surface area contributed by atoms with Crippen LogP contribution in [0.4, 0.5) is 5.69 Å². The molecule has 2 fully saturated rings. The number of carboxylic acids is 1. The summed E-state index contributed by atoms with van der Waals surface area (Å²) in [5, 5.41) is 13.4. The Hall–Kier alpha value is -4.21. The van der Waals surface area contributed by atoms with Crippen LogP contribution in [0.25, 0.3) is 10.4 Å². The third-order valence-corrected chi connectivity index (χ3v) is 9.60. The van der Waals surface area contributed by atoms with Crippen LogP contribution in [0.1, 0.15) is 79.3 Å². The molecular weight excluding hydrogens is 586 g/mol. The van der Waals surface area contributed by atoms with Crippen molar-refractivity contribution in [2.45, 2.75) is 37.5 Å². The Morgan fingerprint density at radius 1 is 0.953 bits per heavy atom. The zero-order valence-corrected chi connectivity index (χ0v) is 25.1. The molecule has 43 heavy (non-hydrogen) atoms. The number of carbonyl (C=O) groups is 3. The molecule has 0 bridgehead atoms. The summed E-state index contributed by atoms with van der Waals surface area (Å²) in [4.78, 5) is 45.5. The molecule has 1 aliphatic heterocycles. The number of carbonyl (C=O) groups excluding carboxylic acids is 2. The molecule has 0 unspecified atom stereocenters. The minimum Gasteiger partial charge on any atom is -0.497 e. The van der Waals surface area contributed by atoms with Gasteiger partial charge in [0.05, 0.1) is 33.1 Å². The molecule has 220 valence electrons. The summed E-state index contributed by atoms with van der Waals surface area (Å²) in [5.74, 6) is -0.106. The van der Waals surface area contributed by atoms with Gasteiger partial charge in [-0.2, -0.15) is 0 Å². The van der Waals surface area contributed by atoms with E-state index in [0.717, 1.165) is 52.4 Å². The number of amides is 2. The number of aromatic nitrogens is 1. The highest BCUT2D eigenvalue weighted by Gasteiger charge is 2.31.